The van der Waals surface area contributed by atoms with Crippen molar-refractivity contribution in [2.24, 2.45) is 0 Å². The van der Waals surface area contributed by atoms with E-state index < -0.39 is 0 Å². The van der Waals surface area contributed by atoms with E-state index >= 15 is 0 Å². The number of hydrogen-bond acceptors (Lipinski definition) is 6. The summed E-state index contributed by atoms with van der Waals surface area (Å²) in [6, 6.07) is 26.4. The van der Waals surface area contributed by atoms with Gasteiger partial charge in [-0.1, -0.05) is 51.7 Å². The molecule has 8 nitrogen and oxygen atoms in total. The summed E-state index contributed by atoms with van der Waals surface area (Å²) in [5.41, 5.74) is 12.3. The third kappa shape index (κ3) is 6.60. The molecule has 8 heteroatoms. The Morgan fingerprint density at radius 1 is 0.784 bits per heavy atom. The van der Waals surface area contributed by atoms with Crippen molar-refractivity contribution in [1.82, 2.24) is 19.9 Å². The molecule has 2 aliphatic heterocycles. The number of H-pyrrole nitrogens is 2. The average molecular weight is 678 g/mol. The molecule has 0 unspecified atom stereocenters. The fraction of sp³-hybridized carbons (Fsp3) is 0.279. The van der Waals surface area contributed by atoms with Crippen molar-refractivity contribution in [3.05, 3.63) is 118 Å². The quantitative estimate of drug-likeness (QED) is 0.147. The topological polar surface area (TPSA) is 96.1 Å². The van der Waals surface area contributed by atoms with E-state index in [0.717, 1.165) is 79.2 Å². The van der Waals surface area contributed by atoms with Gasteiger partial charge in [0.2, 0.25) is 0 Å². The van der Waals surface area contributed by atoms with Gasteiger partial charge in [-0.3, -0.25) is 9.97 Å². The number of anilines is 1. The number of benzene rings is 2. The summed E-state index contributed by atoms with van der Waals surface area (Å²) in [5, 5.41) is 0. The molecule has 3 aromatic heterocycles. The van der Waals surface area contributed by atoms with Gasteiger partial charge in [0.15, 0.2) is 5.75 Å². The molecule has 0 saturated heterocycles. The average Bonchev–Trinajstić information content (AvgIpc) is 3.83. The molecule has 0 fully saturated rings. The normalized spacial score (nSPS) is 14.4. The lowest BCUT2D eigenvalue weighted by Gasteiger charge is -2.16. The number of carbonyl (C=O) groups is 1. The van der Waals surface area contributed by atoms with Crippen LogP contribution in [0.2, 0.25) is 0 Å². The largest absolute Gasteiger partial charge is 0.493 e. The van der Waals surface area contributed by atoms with E-state index in [9.17, 15) is 4.79 Å². The lowest BCUT2D eigenvalue weighted by atomic mass is 9.87. The highest BCUT2D eigenvalue weighted by Crippen LogP contribution is 2.38. The van der Waals surface area contributed by atoms with Crippen LogP contribution < -0.4 is 9.64 Å². The first-order chi connectivity index (χ1) is 24.3. The molecule has 2 aliphatic rings. The fourth-order valence-electron chi connectivity index (χ4n) is 6.87. The van der Waals surface area contributed by atoms with Crippen LogP contribution in [0.5, 0.6) is 5.75 Å². The number of fused-ring (bicyclic) bond motifs is 8. The Morgan fingerprint density at radius 3 is 2.12 bits per heavy atom. The molecule has 0 aliphatic carbocycles. The molecule has 7 rings (SSSR count). The summed E-state index contributed by atoms with van der Waals surface area (Å²) in [4.78, 5) is 31.9. The number of aromatic nitrogens is 4. The molecule has 0 amide bonds. The number of ether oxygens (including phenoxy) is 2. The predicted molar refractivity (Wildman–Crippen MR) is 205 cm³/mol. The summed E-state index contributed by atoms with van der Waals surface area (Å²) >= 11 is 0. The monoisotopic (exact) mass is 677 g/mol. The first kappa shape index (κ1) is 33.7. The number of carbonyl (C=O) groups excluding carboxylic acids is 1. The van der Waals surface area contributed by atoms with Crippen molar-refractivity contribution in [3.8, 4) is 28.7 Å². The van der Waals surface area contributed by atoms with Gasteiger partial charge in [-0.15, -0.1) is 0 Å². The highest BCUT2D eigenvalue weighted by Gasteiger charge is 2.32. The third-order valence-corrected chi connectivity index (χ3v) is 9.78. The van der Waals surface area contributed by atoms with Gasteiger partial charge in [-0.05, 0) is 72.3 Å². The molecule has 2 N–H and O–H groups in total. The molecule has 0 spiro atoms. The highest BCUT2D eigenvalue weighted by molar-refractivity contribution is 5.91. The first-order valence-corrected chi connectivity index (χ1v) is 17.1. The number of rotatable bonds is 4. The molecule has 5 heterocycles. The van der Waals surface area contributed by atoms with E-state index in [0.29, 0.717) is 17.7 Å². The third-order valence-electron chi connectivity index (χ3n) is 9.78. The molecular formula is C43H43N5O3. The van der Waals surface area contributed by atoms with E-state index in [-0.39, 0.29) is 16.8 Å². The molecule has 0 saturated carbocycles. The van der Waals surface area contributed by atoms with Crippen LogP contribution in [0.4, 0.5) is 5.69 Å². The molecular weight excluding hydrogens is 635 g/mol. The summed E-state index contributed by atoms with van der Waals surface area (Å²) in [7, 11) is 7.15. The minimum Gasteiger partial charge on any atom is -0.493 e. The van der Waals surface area contributed by atoms with Gasteiger partial charge in [0.1, 0.15) is 0 Å². The lowest BCUT2D eigenvalue weighted by molar-refractivity contribution is 0.0600. The molecule has 8 bridgehead atoms. The second-order valence-electron chi connectivity index (χ2n) is 14.8. The van der Waals surface area contributed by atoms with Crippen LogP contribution in [0.1, 0.15) is 72.0 Å². The predicted octanol–water partition coefficient (Wildman–Crippen LogP) is 8.28. The maximum Gasteiger partial charge on any atom is 0.337 e. The van der Waals surface area contributed by atoms with Gasteiger partial charge < -0.3 is 24.3 Å². The number of aromatic amines is 2. The minimum absolute atomic E-state index is 0.203. The maximum atomic E-state index is 12.1. The Bertz CT molecular complexity index is 2390. The second kappa shape index (κ2) is 12.8. The molecule has 51 heavy (non-hydrogen) atoms. The van der Waals surface area contributed by atoms with E-state index in [4.69, 9.17) is 19.4 Å². The highest BCUT2D eigenvalue weighted by atomic mass is 16.5. The maximum absolute atomic E-state index is 12.1. The zero-order chi connectivity index (χ0) is 36.1. The summed E-state index contributed by atoms with van der Waals surface area (Å²) in [5.74, 6) is 7.13. The fourth-order valence-corrected chi connectivity index (χ4v) is 6.87. The number of nitrogens with zero attached hydrogens (tertiary/aromatic N) is 3. The number of methoxy groups -OCH3 is 2. The molecule has 258 valence electrons. The van der Waals surface area contributed by atoms with E-state index in [1.54, 1.807) is 19.2 Å². The van der Waals surface area contributed by atoms with Crippen molar-refractivity contribution in [3.63, 3.8) is 0 Å². The van der Waals surface area contributed by atoms with E-state index in [1.165, 1.54) is 7.11 Å². The zero-order valence-electron chi connectivity index (χ0n) is 30.5. The SMILES string of the molecule is COC(=O)c1ccc(-c2cc3cc4nc(c(OC)c5[nH]c(cc6nc(cc2[nH]3)CC6(C)C)cc5C#Cc2ccc(N(C)C)cc2)CC4(C)C)cc1. The van der Waals surface area contributed by atoms with Crippen LogP contribution in [0.25, 0.3) is 33.2 Å². The van der Waals surface area contributed by atoms with Crippen LogP contribution in [-0.2, 0) is 28.4 Å². The van der Waals surface area contributed by atoms with Crippen LogP contribution in [0.15, 0.2) is 78.9 Å². The van der Waals surface area contributed by atoms with Gasteiger partial charge in [-0.25, -0.2) is 4.79 Å². The molecule has 0 radical (unpaired) electrons. The Morgan fingerprint density at radius 2 is 1.45 bits per heavy atom. The van der Waals surface area contributed by atoms with Crippen molar-refractivity contribution in [1.29, 1.82) is 0 Å². The van der Waals surface area contributed by atoms with Crippen LogP contribution >= 0.6 is 0 Å². The van der Waals surface area contributed by atoms with Gasteiger partial charge >= 0.3 is 5.97 Å². The molecule has 5 aromatic rings. The standard InChI is InChI=1S/C43H43N5O3/c1-42(2)24-32-21-35-34(27-13-15-28(16-14-27)41(49)51-8)20-31(44-35)23-38-43(3,4)25-36(47-38)40(50-7)39-29(19-30(46-39)22-37(42)45-32)12-9-26-10-17-33(18-11-26)48(5)6/h10-11,13-23,44,46H,24-25H2,1-8H3. The van der Waals surface area contributed by atoms with Gasteiger partial charge in [0.25, 0.3) is 0 Å². The Hall–Kier alpha value is -5.81. The van der Waals surface area contributed by atoms with Crippen molar-refractivity contribution in [2.75, 3.05) is 33.2 Å². The second-order valence-corrected chi connectivity index (χ2v) is 14.8. The number of nitrogens with one attached hydrogen (secondary N) is 2. The minimum atomic E-state index is -0.362. The lowest BCUT2D eigenvalue weighted by Crippen LogP contribution is -2.15. The summed E-state index contributed by atoms with van der Waals surface area (Å²) in [6.07, 6.45) is 1.46. The summed E-state index contributed by atoms with van der Waals surface area (Å²) in [6.45, 7) is 8.85. The van der Waals surface area contributed by atoms with Gasteiger partial charge in [0.05, 0.1) is 36.6 Å². The van der Waals surface area contributed by atoms with Crippen LogP contribution in [0.3, 0.4) is 0 Å². The number of hydrogen-bond donors (Lipinski definition) is 2. The van der Waals surface area contributed by atoms with Crippen molar-refractivity contribution in [2.45, 2.75) is 51.4 Å². The van der Waals surface area contributed by atoms with Crippen molar-refractivity contribution < 1.29 is 14.3 Å². The first-order valence-electron chi connectivity index (χ1n) is 17.1. The van der Waals surface area contributed by atoms with E-state index in [2.05, 4.69) is 96.9 Å². The summed E-state index contributed by atoms with van der Waals surface area (Å²) < 4.78 is 11.1. The Kier molecular flexibility index (Phi) is 8.46. The van der Waals surface area contributed by atoms with Crippen molar-refractivity contribution >= 4 is 33.7 Å². The van der Waals surface area contributed by atoms with Crippen LogP contribution in [0, 0.1) is 11.8 Å². The van der Waals surface area contributed by atoms with Gasteiger partial charge in [0, 0.05) is 88.2 Å². The van der Waals surface area contributed by atoms with E-state index in [1.807, 2.05) is 38.4 Å². The Labute approximate surface area is 298 Å². The molecule has 0 atom stereocenters. The molecule has 2 aromatic carbocycles. The number of esters is 1. The smallest absolute Gasteiger partial charge is 0.337 e. The Balaban J connectivity index is 1.48. The van der Waals surface area contributed by atoms with Gasteiger partial charge in [-0.2, -0.15) is 0 Å². The van der Waals surface area contributed by atoms with Crippen LogP contribution in [-0.4, -0.2) is 54.2 Å². The zero-order valence-corrected chi connectivity index (χ0v) is 30.5.